The molecule has 2 aromatic rings. The molecule has 0 amide bonds. The third kappa shape index (κ3) is 5.81. The molecule has 1 aliphatic rings. The molecule has 1 aliphatic heterocycles. The second-order valence-electron chi connectivity index (χ2n) is 7.84. The van der Waals surface area contributed by atoms with Crippen LogP contribution < -0.4 is 9.64 Å². The third-order valence-electron chi connectivity index (χ3n) is 5.47. The molecule has 1 saturated heterocycles. The fourth-order valence-corrected chi connectivity index (χ4v) is 3.82. The highest BCUT2D eigenvalue weighted by Gasteiger charge is 2.20. The van der Waals surface area contributed by atoms with Crippen molar-refractivity contribution in [2.75, 3.05) is 44.2 Å². The zero-order chi connectivity index (χ0) is 20.8. The first-order valence-electron chi connectivity index (χ1n) is 10.4. The number of carbonyl (C=O) groups excluding carboxylic acids is 1. The Morgan fingerprint density at radius 3 is 2.38 bits per heavy atom. The van der Waals surface area contributed by atoms with Crippen molar-refractivity contribution in [3.8, 4) is 5.75 Å². The van der Waals surface area contributed by atoms with Gasteiger partial charge in [0.15, 0.2) is 5.78 Å². The van der Waals surface area contributed by atoms with Crippen molar-refractivity contribution < 1.29 is 14.6 Å². The Kier molecular flexibility index (Phi) is 7.29. The summed E-state index contributed by atoms with van der Waals surface area (Å²) in [6.07, 6.45) is -0.0463. The first-order chi connectivity index (χ1) is 14.0. The van der Waals surface area contributed by atoms with Crippen LogP contribution in [0.3, 0.4) is 0 Å². The molecule has 1 atom stereocenters. The summed E-state index contributed by atoms with van der Waals surface area (Å²) in [6, 6.07) is 13.7. The van der Waals surface area contributed by atoms with Gasteiger partial charge in [0.1, 0.15) is 18.5 Å². The van der Waals surface area contributed by atoms with Gasteiger partial charge in [-0.2, -0.15) is 0 Å². The molecule has 0 spiro atoms. The van der Waals surface area contributed by atoms with Gasteiger partial charge in [0, 0.05) is 50.4 Å². The van der Waals surface area contributed by atoms with Gasteiger partial charge in [-0.15, -0.1) is 0 Å². The molecule has 1 N–H and O–H groups in total. The van der Waals surface area contributed by atoms with Gasteiger partial charge in [-0.1, -0.05) is 24.6 Å². The molecule has 0 aliphatic carbocycles. The minimum atomic E-state index is -0.542. The van der Waals surface area contributed by atoms with E-state index in [1.54, 1.807) is 24.3 Å². The van der Waals surface area contributed by atoms with Gasteiger partial charge >= 0.3 is 0 Å². The second kappa shape index (κ2) is 9.90. The normalized spacial score (nSPS) is 15.9. The average molecular weight is 397 g/mol. The Labute approximate surface area is 173 Å². The van der Waals surface area contributed by atoms with Crippen molar-refractivity contribution in [2.45, 2.75) is 33.3 Å². The van der Waals surface area contributed by atoms with Gasteiger partial charge in [0.05, 0.1) is 0 Å². The number of rotatable bonds is 8. The average Bonchev–Trinajstić information content (AvgIpc) is 2.73. The van der Waals surface area contributed by atoms with Crippen LogP contribution in [0.4, 0.5) is 5.69 Å². The van der Waals surface area contributed by atoms with Crippen molar-refractivity contribution >= 4 is 11.5 Å². The maximum absolute atomic E-state index is 11.7. The zero-order valence-electron chi connectivity index (χ0n) is 17.7. The fraction of sp³-hybridized carbons (Fsp3) is 0.458. The van der Waals surface area contributed by atoms with Crippen LogP contribution in [0.2, 0.25) is 0 Å². The Bertz CT molecular complexity index is 811. The zero-order valence-corrected chi connectivity index (χ0v) is 17.7. The number of benzene rings is 2. The molecule has 156 valence electrons. The van der Waals surface area contributed by atoms with Crippen LogP contribution in [-0.2, 0) is 0 Å². The number of hydrogen-bond acceptors (Lipinski definition) is 5. The molecule has 1 unspecified atom stereocenters. The molecule has 0 aromatic heterocycles. The number of hydrogen-bond donors (Lipinski definition) is 1. The maximum atomic E-state index is 11.7. The van der Waals surface area contributed by atoms with E-state index in [-0.39, 0.29) is 12.4 Å². The van der Waals surface area contributed by atoms with Crippen molar-refractivity contribution in [1.82, 2.24) is 4.90 Å². The van der Waals surface area contributed by atoms with Gasteiger partial charge in [0.2, 0.25) is 0 Å². The standard InChI is InChI=1S/C24H32N2O3/c1-4-24(28)20-6-8-22(9-7-20)29-17-21(27)16-25-11-13-26(14-12-25)23-10-5-18(2)15-19(23)3/h5-10,15,21,27H,4,11-14,16-17H2,1-3H3. The predicted octanol–water partition coefficient (Wildman–Crippen LogP) is 3.46. The summed E-state index contributed by atoms with van der Waals surface area (Å²) in [4.78, 5) is 16.4. The summed E-state index contributed by atoms with van der Waals surface area (Å²) in [7, 11) is 0. The van der Waals surface area contributed by atoms with Crippen molar-refractivity contribution in [1.29, 1.82) is 0 Å². The molecule has 0 bridgehead atoms. The monoisotopic (exact) mass is 396 g/mol. The molecule has 2 aromatic carbocycles. The number of nitrogens with zero attached hydrogens (tertiary/aromatic N) is 2. The van der Waals surface area contributed by atoms with Gasteiger partial charge in [-0.05, 0) is 49.7 Å². The Hall–Kier alpha value is -2.37. The SMILES string of the molecule is CCC(=O)c1ccc(OCC(O)CN2CCN(c3ccc(C)cc3C)CC2)cc1. The van der Waals surface area contributed by atoms with E-state index in [1.807, 2.05) is 6.92 Å². The molecule has 1 fully saturated rings. The number of aliphatic hydroxyl groups is 1. The number of anilines is 1. The van der Waals surface area contributed by atoms with Gasteiger partial charge < -0.3 is 14.7 Å². The van der Waals surface area contributed by atoms with E-state index in [2.05, 4.69) is 41.8 Å². The smallest absolute Gasteiger partial charge is 0.162 e. The molecule has 1 heterocycles. The highest BCUT2D eigenvalue weighted by molar-refractivity contribution is 5.95. The lowest BCUT2D eigenvalue weighted by molar-refractivity contribution is 0.0663. The van der Waals surface area contributed by atoms with Crippen molar-refractivity contribution in [2.24, 2.45) is 0 Å². The highest BCUT2D eigenvalue weighted by Crippen LogP contribution is 2.22. The number of ether oxygens (including phenoxy) is 1. The number of aryl methyl sites for hydroxylation is 2. The molecule has 0 radical (unpaired) electrons. The first kappa shape index (κ1) is 21.3. The number of Topliss-reactive ketones (excluding diaryl/α,β-unsaturated/α-hetero) is 1. The predicted molar refractivity (Wildman–Crippen MR) is 117 cm³/mol. The largest absolute Gasteiger partial charge is 0.491 e. The Morgan fingerprint density at radius 1 is 1.07 bits per heavy atom. The quantitative estimate of drug-likeness (QED) is 0.693. The van der Waals surface area contributed by atoms with E-state index in [0.717, 1.165) is 26.2 Å². The molecular weight excluding hydrogens is 364 g/mol. The van der Waals surface area contributed by atoms with Crippen LogP contribution in [-0.4, -0.2) is 61.2 Å². The summed E-state index contributed by atoms with van der Waals surface area (Å²) in [6.45, 7) is 10.8. The lowest BCUT2D eigenvalue weighted by Gasteiger charge is -2.37. The summed E-state index contributed by atoms with van der Waals surface area (Å²) >= 11 is 0. The third-order valence-corrected chi connectivity index (χ3v) is 5.47. The topological polar surface area (TPSA) is 53.0 Å². The lowest BCUT2D eigenvalue weighted by atomic mass is 10.1. The molecule has 29 heavy (non-hydrogen) atoms. The van der Waals surface area contributed by atoms with E-state index in [9.17, 15) is 9.90 Å². The van der Waals surface area contributed by atoms with Gasteiger partial charge in [-0.3, -0.25) is 9.69 Å². The molecular formula is C24H32N2O3. The highest BCUT2D eigenvalue weighted by atomic mass is 16.5. The van der Waals surface area contributed by atoms with E-state index >= 15 is 0 Å². The second-order valence-corrected chi connectivity index (χ2v) is 7.84. The minimum absolute atomic E-state index is 0.122. The van der Waals surface area contributed by atoms with Gasteiger partial charge in [0.25, 0.3) is 0 Å². The molecule has 5 nitrogen and oxygen atoms in total. The Balaban J connectivity index is 1.42. The van der Waals surface area contributed by atoms with Crippen molar-refractivity contribution in [3.05, 3.63) is 59.2 Å². The van der Waals surface area contributed by atoms with E-state index in [4.69, 9.17) is 4.74 Å². The van der Waals surface area contributed by atoms with E-state index in [0.29, 0.717) is 24.3 Å². The summed E-state index contributed by atoms with van der Waals surface area (Å²) in [5.41, 5.74) is 4.62. The van der Waals surface area contributed by atoms with Crippen LogP contribution in [0.25, 0.3) is 0 Å². The first-order valence-corrected chi connectivity index (χ1v) is 10.4. The minimum Gasteiger partial charge on any atom is -0.491 e. The molecule has 3 rings (SSSR count). The summed E-state index contributed by atoms with van der Waals surface area (Å²) in [5.74, 6) is 0.799. The number of β-amino-alcohol motifs (C(OH)–C–C–N with tert-alkyl or cyclic N) is 1. The van der Waals surface area contributed by atoms with Crippen LogP contribution in [0.15, 0.2) is 42.5 Å². The van der Waals surface area contributed by atoms with E-state index < -0.39 is 6.10 Å². The van der Waals surface area contributed by atoms with Crippen LogP contribution in [0.1, 0.15) is 34.8 Å². The maximum Gasteiger partial charge on any atom is 0.162 e. The number of piperazine rings is 1. The number of aliphatic hydroxyl groups excluding tert-OH is 1. The van der Waals surface area contributed by atoms with Crippen LogP contribution in [0, 0.1) is 13.8 Å². The van der Waals surface area contributed by atoms with Crippen molar-refractivity contribution in [3.63, 3.8) is 0 Å². The van der Waals surface area contributed by atoms with Gasteiger partial charge in [-0.25, -0.2) is 0 Å². The fourth-order valence-electron chi connectivity index (χ4n) is 3.82. The number of carbonyl (C=O) groups is 1. The summed E-state index contributed by atoms with van der Waals surface area (Å²) < 4.78 is 5.70. The molecule has 0 saturated carbocycles. The summed E-state index contributed by atoms with van der Waals surface area (Å²) in [5, 5.41) is 10.4. The van der Waals surface area contributed by atoms with Crippen LogP contribution in [0.5, 0.6) is 5.75 Å². The molecule has 5 heteroatoms. The lowest BCUT2D eigenvalue weighted by Crippen LogP contribution is -2.49. The Morgan fingerprint density at radius 2 is 1.76 bits per heavy atom. The van der Waals surface area contributed by atoms with Crippen LogP contribution >= 0.6 is 0 Å². The number of ketones is 1. The van der Waals surface area contributed by atoms with E-state index in [1.165, 1.54) is 16.8 Å².